The van der Waals surface area contributed by atoms with Crippen molar-refractivity contribution in [2.45, 2.75) is 11.6 Å². The van der Waals surface area contributed by atoms with Crippen molar-refractivity contribution in [2.24, 2.45) is 7.05 Å². The number of aromatic carboxylic acids is 1. The molecule has 2 heterocycles. The van der Waals surface area contributed by atoms with Crippen LogP contribution in [0.1, 0.15) is 16.1 Å². The predicted molar refractivity (Wildman–Crippen MR) is 65.1 cm³/mol. The number of aryl methyl sites for hydroxylation is 1. The summed E-state index contributed by atoms with van der Waals surface area (Å²) < 4.78 is 32.6. The first kappa shape index (κ1) is 13.4. The van der Waals surface area contributed by atoms with Crippen LogP contribution in [0.5, 0.6) is 0 Å². The molecule has 0 bridgehead atoms. The maximum absolute atomic E-state index is 11.8. The molecule has 0 unspecified atom stereocenters. The first-order valence-corrected chi connectivity index (χ1v) is 6.80. The van der Waals surface area contributed by atoms with E-state index in [-0.39, 0.29) is 6.54 Å². The number of nitrogens with zero attached hydrogens (tertiary/aromatic N) is 1. The molecule has 0 radical (unpaired) electrons. The molecule has 19 heavy (non-hydrogen) atoms. The Balaban J connectivity index is 2.11. The third-order valence-corrected chi connectivity index (χ3v) is 3.69. The normalized spacial score (nSPS) is 11.6. The monoisotopic (exact) mass is 284 g/mol. The van der Waals surface area contributed by atoms with E-state index in [0.29, 0.717) is 0 Å². The number of nitrogens with one attached hydrogen (secondary N) is 1. The van der Waals surface area contributed by atoms with Crippen LogP contribution in [0.25, 0.3) is 0 Å². The highest BCUT2D eigenvalue weighted by Gasteiger charge is 2.20. The third-order valence-electron chi connectivity index (χ3n) is 2.42. The van der Waals surface area contributed by atoms with E-state index in [1.807, 2.05) is 7.05 Å². The molecule has 0 aliphatic carbocycles. The summed E-state index contributed by atoms with van der Waals surface area (Å²) in [5.74, 6) is -1.73. The Hall–Kier alpha value is -2.06. The van der Waals surface area contributed by atoms with Gasteiger partial charge in [0.15, 0.2) is 0 Å². The minimum absolute atomic E-state index is 0.103. The number of aromatic nitrogens is 1. The number of furan rings is 1. The van der Waals surface area contributed by atoms with E-state index in [1.165, 1.54) is 0 Å². The highest BCUT2D eigenvalue weighted by molar-refractivity contribution is 7.89. The van der Waals surface area contributed by atoms with E-state index >= 15 is 0 Å². The van der Waals surface area contributed by atoms with Crippen molar-refractivity contribution in [3.8, 4) is 0 Å². The molecule has 0 saturated heterocycles. The zero-order valence-electron chi connectivity index (χ0n) is 10.0. The van der Waals surface area contributed by atoms with E-state index < -0.39 is 26.8 Å². The average Bonchev–Trinajstić information content (AvgIpc) is 2.95. The van der Waals surface area contributed by atoms with Crippen molar-refractivity contribution < 1.29 is 22.7 Å². The molecule has 2 N–H and O–H groups in total. The molecule has 2 aromatic rings. The molecule has 2 aromatic heterocycles. The highest BCUT2D eigenvalue weighted by atomic mass is 32.2. The van der Waals surface area contributed by atoms with Gasteiger partial charge in [0.25, 0.3) is 10.0 Å². The van der Waals surface area contributed by atoms with Gasteiger partial charge in [0.1, 0.15) is 0 Å². The molecule has 0 fully saturated rings. The Morgan fingerprint density at radius 1 is 1.42 bits per heavy atom. The fourth-order valence-electron chi connectivity index (χ4n) is 1.49. The van der Waals surface area contributed by atoms with E-state index in [1.54, 1.807) is 23.0 Å². The molecule has 7 nitrogen and oxygen atoms in total. The maximum atomic E-state index is 11.8. The number of sulfonamides is 1. The van der Waals surface area contributed by atoms with Crippen molar-refractivity contribution in [1.82, 2.24) is 9.29 Å². The summed E-state index contributed by atoms with van der Waals surface area (Å²) in [6.45, 7) is 0.103. The molecule has 2 rings (SSSR count). The zero-order valence-corrected chi connectivity index (χ0v) is 10.8. The lowest BCUT2D eigenvalue weighted by molar-refractivity contribution is 0.0656. The molecule has 8 heteroatoms. The summed E-state index contributed by atoms with van der Waals surface area (Å²) in [4.78, 5) is 10.6. The van der Waals surface area contributed by atoms with E-state index in [9.17, 15) is 13.2 Å². The van der Waals surface area contributed by atoms with Gasteiger partial charge in [-0.3, -0.25) is 0 Å². The Morgan fingerprint density at radius 3 is 2.68 bits per heavy atom. The lowest BCUT2D eigenvalue weighted by Gasteiger charge is -2.02. The first-order valence-electron chi connectivity index (χ1n) is 5.32. The molecule has 0 aliphatic heterocycles. The van der Waals surface area contributed by atoms with Gasteiger partial charge in [-0.05, 0) is 23.8 Å². The summed E-state index contributed by atoms with van der Waals surface area (Å²) in [6.07, 6.45) is 3.56. The van der Waals surface area contributed by atoms with Crippen molar-refractivity contribution in [3.63, 3.8) is 0 Å². The van der Waals surface area contributed by atoms with Crippen LogP contribution in [-0.4, -0.2) is 24.1 Å². The smallest absolute Gasteiger partial charge is 0.371 e. The molecular formula is C11H12N2O5S. The lowest BCUT2D eigenvalue weighted by Crippen LogP contribution is -2.22. The SMILES string of the molecule is Cn1ccc(CNS(=O)(=O)c2ccc(C(=O)O)o2)c1. The molecule has 0 aromatic carbocycles. The molecule has 0 spiro atoms. The second-order valence-corrected chi connectivity index (χ2v) is 5.63. The summed E-state index contributed by atoms with van der Waals surface area (Å²) in [5, 5.41) is 8.25. The fourth-order valence-corrected chi connectivity index (χ4v) is 2.44. The number of rotatable bonds is 5. The topological polar surface area (TPSA) is 102 Å². The van der Waals surface area contributed by atoms with Crippen LogP contribution in [0, 0.1) is 0 Å². The van der Waals surface area contributed by atoms with Gasteiger partial charge in [0.2, 0.25) is 10.9 Å². The van der Waals surface area contributed by atoms with Gasteiger partial charge >= 0.3 is 5.97 Å². The quantitative estimate of drug-likeness (QED) is 0.845. The summed E-state index contributed by atoms with van der Waals surface area (Å²) in [7, 11) is -2.03. The Labute approximate surface area is 109 Å². The van der Waals surface area contributed by atoms with Gasteiger partial charge in [-0.15, -0.1) is 0 Å². The van der Waals surface area contributed by atoms with E-state index in [4.69, 9.17) is 9.52 Å². The third kappa shape index (κ3) is 3.04. The Bertz CT molecular complexity index is 698. The van der Waals surface area contributed by atoms with Gasteiger partial charge in [-0.1, -0.05) is 0 Å². The van der Waals surface area contributed by atoms with Crippen molar-refractivity contribution in [3.05, 3.63) is 41.9 Å². The predicted octanol–water partition coefficient (Wildman–Crippen LogP) is 0.795. The van der Waals surface area contributed by atoms with E-state index in [2.05, 4.69) is 4.72 Å². The molecule has 0 atom stereocenters. The van der Waals surface area contributed by atoms with Gasteiger partial charge in [0.05, 0.1) is 0 Å². The van der Waals surface area contributed by atoms with Crippen molar-refractivity contribution in [2.75, 3.05) is 0 Å². The minimum atomic E-state index is -3.85. The van der Waals surface area contributed by atoms with Gasteiger partial charge < -0.3 is 14.1 Å². The van der Waals surface area contributed by atoms with Crippen LogP contribution in [0.3, 0.4) is 0 Å². The largest absolute Gasteiger partial charge is 0.475 e. The van der Waals surface area contributed by atoms with Crippen molar-refractivity contribution in [1.29, 1.82) is 0 Å². The fraction of sp³-hybridized carbons (Fsp3) is 0.182. The molecule has 102 valence electrons. The number of hydrogen-bond donors (Lipinski definition) is 2. The summed E-state index contributed by atoms with van der Waals surface area (Å²) in [6, 6.07) is 3.98. The van der Waals surface area contributed by atoms with Gasteiger partial charge in [-0.25, -0.2) is 17.9 Å². The van der Waals surface area contributed by atoms with Gasteiger partial charge in [-0.2, -0.15) is 0 Å². The highest BCUT2D eigenvalue weighted by Crippen LogP contribution is 2.14. The van der Waals surface area contributed by atoms with E-state index in [0.717, 1.165) is 17.7 Å². The molecule has 0 amide bonds. The second-order valence-electron chi connectivity index (χ2n) is 3.93. The van der Waals surface area contributed by atoms with Crippen LogP contribution in [0.4, 0.5) is 0 Å². The molecular weight excluding hydrogens is 272 g/mol. The molecule has 0 saturated carbocycles. The van der Waals surface area contributed by atoms with Crippen LogP contribution in [0.2, 0.25) is 0 Å². The minimum Gasteiger partial charge on any atom is -0.475 e. The zero-order chi connectivity index (χ0) is 14.0. The number of carboxylic acid groups (broad SMARTS) is 1. The average molecular weight is 284 g/mol. The maximum Gasteiger partial charge on any atom is 0.371 e. The number of carboxylic acids is 1. The first-order chi connectivity index (χ1) is 8.88. The van der Waals surface area contributed by atoms with Gasteiger partial charge in [0, 0.05) is 26.0 Å². The second kappa shape index (κ2) is 4.90. The summed E-state index contributed by atoms with van der Waals surface area (Å²) >= 11 is 0. The Kier molecular flexibility index (Phi) is 3.45. The number of carbonyl (C=O) groups is 1. The lowest BCUT2D eigenvalue weighted by atomic mass is 10.4. The van der Waals surface area contributed by atoms with Crippen LogP contribution in [-0.2, 0) is 23.6 Å². The molecule has 0 aliphatic rings. The Morgan fingerprint density at radius 2 is 2.16 bits per heavy atom. The summed E-state index contributed by atoms with van der Waals surface area (Å²) in [5.41, 5.74) is 0.788. The van der Waals surface area contributed by atoms with Crippen LogP contribution in [0.15, 0.2) is 40.1 Å². The van der Waals surface area contributed by atoms with Crippen LogP contribution < -0.4 is 4.72 Å². The van der Waals surface area contributed by atoms with Crippen LogP contribution >= 0.6 is 0 Å². The van der Waals surface area contributed by atoms with Crippen molar-refractivity contribution >= 4 is 16.0 Å². The standard InChI is InChI=1S/C11H12N2O5S/c1-13-5-4-8(7-13)6-12-19(16,17)10-3-2-9(18-10)11(14)15/h2-5,7,12H,6H2,1H3,(H,14,15). The number of hydrogen-bond acceptors (Lipinski definition) is 4.